The van der Waals surface area contributed by atoms with Gasteiger partial charge in [0.15, 0.2) is 0 Å². The number of halogens is 2. The van der Waals surface area contributed by atoms with Gasteiger partial charge < -0.3 is 0 Å². The Bertz CT molecular complexity index is 168. The molecule has 2 heteroatoms. The predicted molar refractivity (Wildman–Crippen MR) is 37.0 cm³/mol. The van der Waals surface area contributed by atoms with E-state index >= 15 is 0 Å². The maximum absolute atomic E-state index is 12.0. The highest BCUT2D eigenvalue weighted by Gasteiger charge is 2.17. The Labute approximate surface area is 59.2 Å². The van der Waals surface area contributed by atoms with Crippen molar-refractivity contribution < 1.29 is 8.78 Å². The van der Waals surface area contributed by atoms with E-state index in [-0.39, 0.29) is 0 Å². The van der Waals surface area contributed by atoms with Crippen molar-refractivity contribution in [1.82, 2.24) is 0 Å². The number of hydrogen-bond donors (Lipinski definition) is 0. The molecule has 56 valence electrons. The van der Waals surface area contributed by atoms with E-state index < -0.39 is 12.3 Å². The summed E-state index contributed by atoms with van der Waals surface area (Å²) in [6, 6.07) is 0. The fraction of sp³-hybridized carbons (Fsp3) is 0.500. The Hall–Kier alpha value is -0.660. The molecule has 0 spiro atoms. The quantitative estimate of drug-likeness (QED) is 0.530. The molecular weight excluding hydrogens is 134 g/mol. The molecule has 0 amide bonds. The van der Waals surface area contributed by atoms with E-state index in [0.717, 1.165) is 5.57 Å². The van der Waals surface area contributed by atoms with Crippen molar-refractivity contribution in [2.75, 3.05) is 0 Å². The van der Waals surface area contributed by atoms with E-state index in [1.54, 1.807) is 12.2 Å². The minimum absolute atomic E-state index is 0.481. The van der Waals surface area contributed by atoms with Gasteiger partial charge in [-0.1, -0.05) is 23.8 Å². The second-order valence-corrected chi connectivity index (χ2v) is 2.55. The van der Waals surface area contributed by atoms with E-state index in [4.69, 9.17) is 0 Å². The summed E-state index contributed by atoms with van der Waals surface area (Å²) in [7, 11) is 0. The molecule has 0 aliphatic heterocycles. The van der Waals surface area contributed by atoms with Crippen LogP contribution in [0.1, 0.15) is 13.3 Å². The summed E-state index contributed by atoms with van der Waals surface area (Å²) < 4.78 is 24.0. The summed E-state index contributed by atoms with van der Waals surface area (Å²) in [6.45, 7) is 1.84. The van der Waals surface area contributed by atoms with Crippen LogP contribution in [0, 0.1) is 5.92 Å². The highest BCUT2D eigenvalue weighted by molar-refractivity contribution is 5.21. The first kappa shape index (κ1) is 7.45. The second kappa shape index (κ2) is 2.95. The van der Waals surface area contributed by atoms with Crippen LogP contribution in [0.15, 0.2) is 23.8 Å². The van der Waals surface area contributed by atoms with Crippen LogP contribution in [0.4, 0.5) is 8.78 Å². The molecule has 0 saturated carbocycles. The van der Waals surface area contributed by atoms with Gasteiger partial charge in [-0.15, -0.1) is 0 Å². The Morgan fingerprint density at radius 1 is 1.60 bits per heavy atom. The molecule has 0 heterocycles. The number of rotatable bonds is 1. The van der Waals surface area contributed by atoms with Gasteiger partial charge in [0.05, 0.1) is 0 Å². The molecule has 0 saturated heterocycles. The smallest absolute Gasteiger partial charge is 0.210 e. The topological polar surface area (TPSA) is 0 Å². The highest BCUT2D eigenvalue weighted by Crippen LogP contribution is 2.22. The monoisotopic (exact) mass is 144 g/mol. The van der Waals surface area contributed by atoms with E-state index in [9.17, 15) is 8.78 Å². The Morgan fingerprint density at radius 2 is 2.30 bits per heavy atom. The molecule has 1 rings (SSSR count). The van der Waals surface area contributed by atoms with Crippen molar-refractivity contribution >= 4 is 0 Å². The fourth-order valence-electron chi connectivity index (χ4n) is 1.05. The van der Waals surface area contributed by atoms with Gasteiger partial charge >= 0.3 is 0 Å². The zero-order chi connectivity index (χ0) is 7.56. The van der Waals surface area contributed by atoms with Crippen molar-refractivity contribution in [2.45, 2.75) is 19.8 Å². The summed E-state index contributed by atoms with van der Waals surface area (Å²) in [4.78, 5) is 0. The first-order chi connectivity index (χ1) is 4.70. The van der Waals surface area contributed by atoms with Gasteiger partial charge in [-0.3, -0.25) is 0 Å². The van der Waals surface area contributed by atoms with E-state index in [2.05, 4.69) is 0 Å². The van der Waals surface area contributed by atoms with Crippen LogP contribution in [-0.2, 0) is 0 Å². The molecule has 0 N–H and O–H groups in total. The maximum Gasteiger partial charge on any atom is 0.245 e. The standard InChI is InChI=1S/C8H10F2/c1-6-3-2-4-7(5-6)8(9)10/h2-3,5,7-8H,4H2,1H3. The van der Waals surface area contributed by atoms with Gasteiger partial charge in [0, 0.05) is 5.92 Å². The van der Waals surface area contributed by atoms with Gasteiger partial charge in [-0.05, 0) is 13.3 Å². The van der Waals surface area contributed by atoms with Crippen LogP contribution in [-0.4, -0.2) is 6.43 Å². The zero-order valence-electron chi connectivity index (χ0n) is 5.85. The molecule has 1 aliphatic carbocycles. The van der Waals surface area contributed by atoms with Gasteiger partial charge in [-0.2, -0.15) is 0 Å². The van der Waals surface area contributed by atoms with Gasteiger partial charge in [0.1, 0.15) is 0 Å². The summed E-state index contributed by atoms with van der Waals surface area (Å²) >= 11 is 0. The third kappa shape index (κ3) is 1.66. The summed E-state index contributed by atoms with van der Waals surface area (Å²) in [5, 5.41) is 0. The van der Waals surface area contributed by atoms with Gasteiger partial charge in [0.25, 0.3) is 0 Å². The number of allylic oxidation sites excluding steroid dienone is 4. The molecule has 1 atom stereocenters. The molecule has 1 aliphatic rings. The third-order valence-electron chi connectivity index (χ3n) is 1.59. The average molecular weight is 144 g/mol. The first-order valence-electron chi connectivity index (χ1n) is 3.33. The zero-order valence-corrected chi connectivity index (χ0v) is 5.85. The molecule has 0 bridgehead atoms. The molecule has 0 fully saturated rings. The van der Waals surface area contributed by atoms with Crippen molar-refractivity contribution in [2.24, 2.45) is 5.92 Å². The average Bonchev–Trinajstić information content (AvgIpc) is 1.88. The number of hydrogen-bond acceptors (Lipinski definition) is 0. The minimum atomic E-state index is -2.21. The second-order valence-electron chi connectivity index (χ2n) is 2.55. The summed E-state index contributed by atoms with van der Waals surface area (Å²) in [5.74, 6) is -0.551. The lowest BCUT2D eigenvalue weighted by atomic mass is 9.98. The Morgan fingerprint density at radius 3 is 2.70 bits per heavy atom. The van der Waals surface area contributed by atoms with Crippen molar-refractivity contribution in [3.8, 4) is 0 Å². The van der Waals surface area contributed by atoms with Crippen molar-refractivity contribution in [3.63, 3.8) is 0 Å². The van der Waals surface area contributed by atoms with Crippen molar-refractivity contribution in [3.05, 3.63) is 23.8 Å². The SMILES string of the molecule is CC1=CC(C(F)F)CC=C1. The Kier molecular flexibility index (Phi) is 2.20. The van der Waals surface area contributed by atoms with Crippen molar-refractivity contribution in [1.29, 1.82) is 0 Å². The summed E-state index contributed by atoms with van der Waals surface area (Å²) in [5.41, 5.74) is 0.941. The van der Waals surface area contributed by atoms with Gasteiger partial charge in [-0.25, -0.2) is 8.78 Å². The lowest BCUT2D eigenvalue weighted by molar-refractivity contribution is 0.101. The largest absolute Gasteiger partial charge is 0.245 e. The summed E-state index contributed by atoms with van der Waals surface area (Å²) in [6.07, 6.45) is 3.57. The van der Waals surface area contributed by atoms with E-state index in [1.807, 2.05) is 13.0 Å². The molecular formula is C8H10F2. The Balaban J connectivity index is 2.60. The van der Waals surface area contributed by atoms with Crippen LogP contribution in [0.5, 0.6) is 0 Å². The molecule has 0 aromatic rings. The molecule has 0 aromatic carbocycles. The molecule has 0 nitrogen and oxygen atoms in total. The lowest BCUT2D eigenvalue weighted by Crippen LogP contribution is -2.09. The van der Waals surface area contributed by atoms with Crippen LogP contribution >= 0.6 is 0 Å². The highest BCUT2D eigenvalue weighted by atomic mass is 19.3. The minimum Gasteiger partial charge on any atom is -0.210 e. The fourth-order valence-corrected chi connectivity index (χ4v) is 1.05. The van der Waals surface area contributed by atoms with Crippen LogP contribution in [0.2, 0.25) is 0 Å². The van der Waals surface area contributed by atoms with Crippen LogP contribution in [0.25, 0.3) is 0 Å². The molecule has 0 aromatic heterocycles. The molecule has 1 unspecified atom stereocenters. The van der Waals surface area contributed by atoms with Crippen LogP contribution < -0.4 is 0 Å². The van der Waals surface area contributed by atoms with E-state index in [1.165, 1.54) is 0 Å². The predicted octanol–water partition coefficient (Wildman–Crippen LogP) is 2.77. The number of alkyl halides is 2. The maximum atomic E-state index is 12.0. The lowest BCUT2D eigenvalue weighted by Gasteiger charge is -2.13. The first-order valence-corrected chi connectivity index (χ1v) is 3.33. The van der Waals surface area contributed by atoms with Crippen LogP contribution in [0.3, 0.4) is 0 Å². The van der Waals surface area contributed by atoms with E-state index in [0.29, 0.717) is 6.42 Å². The molecule has 10 heavy (non-hydrogen) atoms. The molecule has 0 radical (unpaired) electrons. The van der Waals surface area contributed by atoms with Gasteiger partial charge in [0.2, 0.25) is 6.43 Å². The third-order valence-corrected chi connectivity index (χ3v) is 1.59. The normalized spacial score (nSPS) is 25.2.